The van der Waals surface area contributed by atoms with Gasteiger partial charge in [-0.15, -0.1) is 0 Å². The molecule has 0 radical (unpaired) electrons. The molecule has 168 valence electrons. The van der Waals surface area contributed by atoms with Crippen molar-refractivity contribution in [3.63, 3.8) is 0 Å². The van der Waals surface area contributed by atoms with E-state index in [0.29, 0.717) is 18.0 Å². The van der Waals surface area contributed by atoms with Crippen LogP contribution in [0.3, 0.4) is 0 Å². The van der Waals surface area contributed by atoms with Gasteiger partial charge in [-0.1, -0.05) is 12.1 Å². The molecule has 1 unspecified atom stereocenters. The highest BCUT2D eigenvalue weighted by atomic mass is 32.2. The van der Waals surface area contributed by atoms with Crippen LogP contribution in [0.15, 0.2) is 34.2 Å². The van der Waals surface area contributed by atoms with Crippen LogP contribution in [0.1, 0.15) is 44.6 Å². The maximum absolute atomic E-state index is 11.6. The van der Waals surface area contributed by atoms with Gasteiger partial charge in [0, 0.05) is 32.5 Å². The Bertz CT molecular complexity index is 781. The van der Waals surface area contributed by atoms with E-state index in [0.717, 1.165) is 57.0 Å². The van der Waals surface area contributed by atoms with Crippen LogP contribution < -0.4 is 5.32 Å². The lowest BCUT2D eigenvalue weighted by Gasteiger charge is -2.35. The maximum atomic E-state index is 11.6. The minimum Gasteiger partial charge on any atom is -0.376 e. The second-order valence-corrected chi connectivity index (χ2v) is 10.1. The Hall–Kier alpha value is -1.64. The Morgan fingerprint density at radius 3 is 2.53 bits per heavy atom. The van der Waals surface area contributed by atoms with Gasteiger partial charge < -0.3 is 19.7 Å². The fourth-order valence-electron chi connectivity index (χ4n) is 3.85. The lowest BCUT2D eigenvalue weighted by Crippen LogP contribution is -2.47. The van der Waals surface area contributed by atoms with Gasteiger partial charge in [-0.05, 0) is 56.7 Å². The highest BCUT2D eigenvalue weighted by Crippen LogP contribution is 2.18. The molecule has 0 aromatic heterocycles. The molecule has 30 heavy (non-hydrogen) atoms. The number of piperidine rings is 1. The molecule has 0 bridgehead atoms. The predicted octanol–water partition coefficient (Wildman–Crippen LogP) is 2.61. The Labute approximate surface area is 180 Å². The van der Waals surface area contributed by atoms with E-state index in [4.69, 9.17) is 14.5 Å². The average Bonchev–Trinajstić information content (AvgIpc) is 2.76. The number of hydrogen-bond donors (Lipinski definition) is 1. The Kier molecular flexibility index (Phi) is 8.53. The molecule has 2 aliphatic heterocycles. The normalized spacial score (nSPS) is 21.6. The van der Waals surface area contributed by atoms with Crippen LogP contribution in [-0.4, -0.2) is 70.6 Å². The first-order valence-electron chi connectivity index (χ1n) is 11.0. The lowest BCUT2D eigenvalue weighted by atomic mass is 10.1. The van der Waals surface area contributed by atoms with Gasteiger partial charge in [0.15, 0.2) is 15.8 Å². The fraction of sp³-hybridized carbons (Fsp3) is 0.682. The largest absolute Gasteiger partial charge is 0.376 e. The molecule has 0 amide bonds. The minimum atomic E-state index is -3.17. The molecule has 7 nitrogen and oxygen atoms in total. The number of likely N-dealkylation sites (tertiary alicyclic amines) is 1. The molecular weight excluding hydrogens is 402 g/mol. The lowest BCUT2D eigenvalue weighted by molar-refractivity contribution is -0.0721. The Balaban J connectivity index is 1.49. The molecule has 1 N–H and O–H groups in total. The Morgan fingerprint density at radius 2 is 1.93 bits per heavy atom. The van der Waals surface area contributed by atoms with Gasteiger partial charge in [0.2, 0.25) is 0 Å². The molecule has 1 atom stereocenters. The number of guanidine groups is 1. The third-order valence-corrected chi connectivity index (χ3v) is 6.76. The van der Waals surface area contributed by atoms with Crippen LogP contribution in [0.5, 0.6) is 0 Å². The standard InChI is InChI=1S/C22H35N3O4S/c1-3-23-22(24-16-18-7-9-21(10-8-18)30(2,26)27)25-13-11-19(12-14-25)29-17-20-6-4-5-15-28-20/h7-10,19-20H,3-6,11-17H2,1-2H3,(H,23,24). The SMILES string of the molecule is CCNC(=NCc1ccc(S(C)(=O)=O)cc1)N1CCC(OCC2CCCCO2)CC1. The number of hydrogen-bond acceptors (Lipinski definition) is 5. The van der Waals surface area contributed by atoms with Crippen LogP contribution in [0.2, 0.25) is 0 Å². The molecule has 2 fully saturated rings. The first kappa shape index (κ1) is 23.0. The number of rotatable bonds is 7. The van der Waals surface area contributed by atoms with Gasteiger partial charge in [-0.25, -0.2) is 13.4 Å². The van der Waals surface area contributed by atoms with Crippen LogP contribution in [0, 0.1) is 0 Å². The third kappa shape index (κ3) is 6.96. The number of nitrogens with one attached hydrogen (secondary N) is 1. The van der Waals surface area contributed by atoms with Gasteiger partial charge in [-0.3, -0.25) is 0 Å². The molecule has 0 spiro atoms. The summed E-state index contributed by atoms with van der Waals surface area (Å²) in [6, 6.07) is 6.95. The summed E-state index contributed by atoms with van der Waals surface area (Å²) in [5.74, 6) is 0.902. The molecule has 8 heteroatoms. The molecule has 0 aliphatic carbocycles. The summed E-state index contributed by atoms with van der Waals surface area (Å²) in [5.41, 5.74) is 0.989. The van der Waals surface area contributed by atoms with Crippen molar-refractivity contribution in [2.24, 2.45) is 4.99 Å². The topological polar surface area (TPSA) is 80.2 Å². The van der Waals surface area contributed by atoms with Gasteiger partial charge in [0.05, 0.1) is 30.3 Å². The van der Waals surface area contributed by atoms with Crippen molar-refractivity contribution in [3.05, 3.63) is 29.8 Å². The molecule has 2 saturated heterocycles. The second-order valence-electron chi connectivity index (χ2n) is 8.09. The van der Waals surface area contributed by atoms with Crippen LogP contribution in [0.4, 0.5) is 0 Å². The first-order chi connectivity index (χ1) is 14.5. The summed E-state index contributed by atoms with van der Waals surface area (Å²) < 4.78 is 35.1. The quantitative estimate of drug-likeness (QED) is 0.522. The fourth-order valence-corrected chi connectivity index (χ4v) is 4.48. The van der Waals surface area contributed by atoms with E-state index >= 15 is 0 Å². The summed E-state index contributed by atoms with van der Waals surface area (Å²) in [7, 11) is -3.17. The molecule has 1 aromatic carbocycles. The van der Waals surface area contributed by atoms with Gasteiger partial charge in [-0.2, -0.15) is 0 Å². The van der Waals surface area contributed by atoms with E-state index in [1.54, 1.807) is 12.1 Å². The van der Waals surface area contributed by atoms with Crippen molar-refractivity contribution < 1.29 is 17.9 Å². The van der Waals surface area contributed by atoms with Crippen LogP contribution in [-0.2, 0) is 25.9 Å². The molecule has 0 saturated carbocycles. The van der Waals surface area contributed by atoms with Gasteiger partial charge >= 0.3 is 0 Å². The van der Waals surface area contributed by atoms with Crippen molar-refractivity contribution in [1.82, 2.24) is 10.2 Å². The number of benzene rings is 1. The van der Waals surface area contributed by atoms with E-state index in [2.05, 4.69) is 17.1 Å². The zero-order valence-corrected chi connectivity index (χ0v) is 19.0. The minimum absolute atomic E-state index is 0.268. The van der Waals surface area contributed by atoms with E-state index in [1.165, 1.54) is 19.1 Å². The third-order valence-electron chi connectivity index (χ3n) is 5.63. The van der Waals surface area contributed by atoms with Crippen LogP contribution >= 0.6 is 0 Å². The number of nitrogens with zero attached hydrogens (tertiary/aromatic N) is 2. The molecule has 3 rings (SSSR count). The second kappa shape index (κ2) is 11.1. The number of ether oxygens (including phenoxy) is 2. The highest BCUT2D eigenvalue weighted by Gasteiger charge is 2.23. The number of sulfone groups is 1. The van der Waals surface area contributed by atoms with Crippen molar-refractivity contribution in [3.8, 4) is 0 Å². The summed E-state index contributed by atoms with van der Waals surface area (Å²) in [6.45, 7) is 6.79. The van der Waals surface area contributed by atoms with E-state index in [1.807, 2.05) is 12.1 Å². The number of aliphatic imine (C=N–C) groups is 1. The first-order valence-corrected chi connectivity index (χ1v) is 12.9. The zero-order valence-electron chi connectivity index (χ0n) is 18.2. The van der Waals surface area contributed by atoms with Crippen molar-refractivity contribution in [1.29, 1.82) is 0 Å². The smallest absolute Gasteiger partial charge is 0.194 e. The maximum Gasteiger partial charge on any atom is 0.194 e. The van der Waals surface area contributed by atoms with Crippen molar-refractivity contribution >= 4 is 15.8 Å². The van der Waals surface area contributed by atoms with E-state index in [-0.39, 0.29) is 12.2 Å². The summed E-state index contributed by atoms with van der Waals surface area (Å²) in [5, 5.41) is 3.38. The zero-order chi connectivity index (χ0) is 21.4. The summed E-state index contributed by atoms with van der Waals surface area (Å²) in [4.78, 5) is 7.38. The monoisotopic (exact) mass is 437 g/mol. The summed E-state index contributed by atoms with van der Waals surface area (Å²) >= 11 is 0. The molecule has 2 heterocycles. The predicted molar refractivity (Wildman–Crippen MR) is 119 cm³/mol. The van der Waals surface area contributed by atoms with E-state index < -0.39 is 9.84 Å². The van der Waals surface area contributed by atoms with E-state index in [9.17, 15) is 8.42 Å². The van der Waals surface area contributed by atoms with Gasteiger partial charge in [0.1, 0.15) is 0 Å². The van der Waals surface area contributed by atoms with Gasteiger partial charge in [0.25, 0.3) is 0 Å². The van der Waals surface area contributed by atoms with Crippen molar-refractivity contribution in [2.45, 2.75) is 62.7 Å². The molecule has 1 aromatic rings. The van der Waals surface area contributed by atoms with Crippen molar-refractivity contribution in [2.75, 3.05) is 39.1 Å². The molecule has 2 aliphatic rings. The Morgan fingerprint density at radius 1 is 1.20 bits per heavy atom. The highest BCUT2D eigenvalue weighted by molar-refractivity contribution is 7.90. The van der Waals surface area contributed by atoms with Crippen LogP contribution in [0.25, 0.3) is 0 Å². The summed E-state index contributed by atoms with van der Waals surface area (Å²) in [6.07, 6.45) is 7.28. The molecular formula is C22H35N3O4S. The average molecular weight is 438 g/mol.